The third kappa shape index (κ3) is 40.6. The number of ether oxygens (including phenoxy) is 5. The van der Waals surface area contributed by atoms with Gasteiger partial charge in [-0.15, -0.1) is 0 Å². The van der Waals surface area contributed by atoms with Gasteiger partial charge in [0.25, 0.3) is 0 Å². The van der Waals surface area contributed by atoms with Crippen molar-refractivity contribution in [2.45, 2.75) is 263 Å². The molecule has 3 N–H and O–H groups in total. The predicted octanol–water partition coefficient (Wildman–Crippen LogP) is 14.9. The molecule has 1 aliphatic rings. The summed E-state index contributed by atoms with van der Waals surface area (Å²) in [7, 11) is 0. The molecule has 1 heterocycles. The fourth-order valence-corrected chi connectivity index (χ4v) is 8.19. The van der Waals surface area contributed by atoms with E-state index in [1.165, 1.54) is 19.3 Å². The number of carboxylic acids is 1. The van der Waals surface area contributed by atoms with Crippen molar-refractivity contribution in [2.24, 2.45) is 0 Å². The van der Waals surface area contributed by atoms with Gasteiger partial charge in [0.2, 0.25) is 0 Å². The van der Waals surface area contributed by atoms with Crippen molar-refractivity contribution < 1.29 is 58.2 Å². The highest BCUT2D eigenvalue weighted by Crippen LogP contribution is 2.26. The molecule has 1 fully saturated rings. The molecule has 12 heteroatoms. The Morgan fingerprint density at radius 1 is 0.453 bits per heavy atom. The van der Waals surface area contributed by atoms with Crippen molar-refractivity contribution in [3.63, 3.8) is 0 Å². The largest absolute Gasteiger partial charge is 0.479 e. The van der Waals surface area contributed by atoms with Crippen molar-refractivity contribution in [1.29, 1.82) is 0 Å². The van der Waals surface area contributed by atoms with E-state index in [1.54, 1.807) is 0 Å². The number of allylic oxidation sites excluding steroid dienone is 16. The van der Waals surface area contributed by atoms with Gasteiger partial charge >= 0.3 is 23.9 Å². The topological polar surface area (TPSA) is 175 Å². The van der Waals surface area contributed by atoms with Crippen molar-refractivity contribution in [3.05, 3.63) is 97.2 Å². The van der Waals surface area contributed by atoms with Crippen LogP contribution in [-0.2, 0) is 42.9 Å². The standard InChI is InChI=1S/C63H102O12/c1-4-7-10-13-16-19-22-25-28-31-34-37-40-43-46-49-55(64)71-52-54(73-56(65)50-47-44-41-38-35-32-29-26-23-20-17-14-11-8-5-2)53-72-63-61(59(68)58(67)60(75-63)62(69)70)74-57(66)51-48-45-42-39-36-33-30-27-24-21-18-15-12-9-6-3/h7,9-10,12,16-21,25-30,54,58-61,63,67-68H,4-6,8,11,13-15,22-24,31-53H2,1-3H3,(H,69,70)/b10-7-,12-9-,19-16-,20-17-,21-18-,28-25-,29-26-,30-27-. The molecule has 0 spiro atoms. The zero-order valence-corrected chi connectivity index (χ0v) is 46.8. The zero-order chi connectivity index (χ0) is 54.7. The monoisotopic (exact) mass is 1050 g/mol. The van der Waals surface area contributed by atoms with Crippen LogP contribution in [0.15, 0.2) is 97.2 Å². The Balaban J connectivity index is 2.74. The molecule has 1 aliphatic heterocycles. The van der Waals surface area contributed by atoms with Gasteiger partial charge in [0.15, 0.2) is 24.6 Å². The summed E-state index contributed by atoms with van der Waals surface area (Å²) in [6.45, 7) is 5.70. The summed E-state index contributed by atoms with van der Waals surface area (Å²) in [4.78, 5) is 51.1. The first-order chi connectivity index (χ1) is 36.6. The number of carbonyl (C=O) groups is 4. The van der Waals surface area contributed by atoms with E-state index in [2.05, 4.69) is 118 Å². The second kappa shape index (κ2) is 50.5. The molecule has 0 bridgehead atoms. The molecule has 0 radical (unpaired) electrons. The van der Waals surface area contributed by atoms with Crippen molar-refractivity contribution in [3.8, 4) is 0 Å². The van der Waals surface area contributed by atoms with Crippen LogP contribution >= 0.6 is 0 Å². The van der Waals surface area contributed by atoms with Crippen molar-refractivity contribution in [2.75, 3.05) is 13.2 Å². The van der Waals surface area contributed by atoms with E-state index in [0.29, 0.717) is 19.3 Å². The van der Waals surface area contributed by atoms with Gasteiger partial charge in [-0.25, -0.2) is 4.79 Å². The summed E-state index contributed by atoms with van der Waals surface area (Å²) in [5.41, 5.74) is 0. The van der Waals surface area contributed by atoms with Gasteiger partial charge in [-0.3, -0.25) is 14.4 Å². The predicted molar refractivity (Wildman–Crippen MR) is 303 cm³/mol. The van der Waals surface area contributed by atoms with E-state index < -0.39 is 67.3 Å². The van der Waals surface area contributed by atoms with Gasteiger partial charge in [-0.2, -0.15) is 0 Å². The lowest BCUT2D eigenvalue weighted by molar-refractivity contribution is -0.301. The lowest BCUT2D eigenvalue weighted by Gasteiger charge is -2.40. The molecule has 12 nitrogen and oxygen atoms in total. The smallest absolute Gasteiger partial charge is 0.335 e. The second-order valence-corrected chi connectivity index (χ2v) is 19.5. The number of esters is 3. The Morgan fingerprint density at radius 3 is 1.28 bits per heavy atom. The fourth-order valence-electron chi connectivity index (χ4n) is 8.19. The first-order valence-electron chi connectivity index (χ1n) is 29.2. The highest BCUT2D eigenvalue weighted by Gasteiger charge is 2.50. The summed E-state index contributed by atoms with van der Waals surface area (Å²) < 4.78 is 28.4. The van der Waals surface area contributed by atoms with Crippen molar-refractivity contribution >= 4 is 23.9 Å². The second-order valence-electron chi connectivity index (χ2n) is 19.5. The third-order valence-corrected chi connectivity index (χ3v) is 12.6. The Morgan fingerprint density at radius 2 is 0.840 bits per heavy atom. The lowest BCUT2D eigenvalue weighted by Crippen LogP contribution is -2.61. The summed E-state index contributed by atoms with van der Waals surface area (Å²) in [6.07, 6.45) is 53.7. The Bertz CT molecular complexity index is 1670. The molecule has 426 valence electrons. The van der Waals surface area contributed by atoms with Gasteiger partial charge in [-0.1, -0.05) is 189 Å². The zero-order valence-electron chi connectivity index (χ0n) is 46.8. The van der Waals surface area contributed by atoms with Gasteiger partial charge in [0.05, 0.1) is 6.61 Å². The molecule has 1 rings (SSSR count). The number of aliphatic carboxylic acids is 1. The molecule has 0 saturated carbocycles. The van der Waals surface area contributed by atoms with Crippen LogP contribution in [0.1, 0.15) is 226 Å². The minimum Gasteiger partial charge on any atom is -0.479 e. The van der Waals surface area contributed by atoms with E-state index in [0.717, 1.165) is 148 Å². The number of carbonyl (C=O) groups excluding carboxylic acids is 3. The average molecular weight is 1050 g/mol. The number of unbranched alkanes of at least 4 members (excludes halogenated alkanes) is 18. The molecule has 0 aromatic carbocycles. The third-order valence-electron chi connectivity index (χ3n) is 12.6. The van der Waals surface area contributed by atoms with Gasteiger partial charge in [-0.05, 0) is 116 Å². The molecular weight excluding hydrogens is 949 g/mol. The maximum atomic E-state index is 13.1. The minimum atomic E-state index is -1.92. The molecule has 0 aromatic heterocycles. The van der Waals surface area contributed by atoms with Gasteiger partial charge in [0.1, 0.15) is 18.8 Å². The Labute approximate surface area is 453 Å². The number of aliphatic hydroxyl groups is 2. The van der Waals surface area contributed by atoms with E-state index in [9.17, 15) is 34.5 Å². The molecule has 6 atom stereocenters. The quantitative estimate of drug-likeness (QED) is 0.0228. The SMILES string of the molecule is CC/C=C\C/C=C\C/C=C\CCCCCCCC(=O)OCC(COC1OC(C(=O)O)C(O)C(O)C1OC(=O)CCCCCCC/C=C\C/C=C\C/C=C\CC)OC(=O)CCCCCCC/C=C\C/C=C\CCCCC. The first-order valence-corrected chi connectivity index (χ1v) is 29.2. The minimum absolute atomic E-state index is 0.0333. The fraction of sp³-hybridized carbons (Fsp3) is 0.683. The molecule has 0 aromatic rings. The molecule has 75 heavy (non-hydrogen) atoms. The first kappa shape index (κ1) is 68.7. The summed E-state index contributed by atoms with van der Waals surface area (Å²) >= 11 is 0. The van der Waals surface area contributed by atoms with Crippen LogP contribution < -0.4 is 0 Å². The van der Waals surface area contributed by atoms with E-state index in [4.69, 9.17) is 23.7 Å². The van der Waals surface area contributed by atoms with E-state index in [1.807, 2.05) is 0 Å². The number of carboxylic acid groups (broad SMARTS) is 1. The van der Waals surface area contributed by atoms with Crippen LogP contribution in [0.4, 0.5) is 0 Å². The summed E-state index contributed by atoms with van der Waals surface area (Å²) in [5, 5.41) is 31.5. The molecular formula is C63H102O12. The maximum absolute atomic E-state index is 13.1. The van der Waals surface area contributed by atoms with Crippen LogP contribution in [0.25, 0.3) is 0 Å². The van der Waals surface area contributed by atoms with Crippen LogP contribution in [0.3, 0.4) is 0 Å². The number of aliphatic hydroxyl groups excluding tert-OH is 2. The van der Waals surface area contributed by atoms with Gasteiger partial charge in [0, 0.05) is 19.3 Å². The molecule has 0 amide bonds. The number of rotatable bonds is 48. The molecule has 1 saturated heterocycles. The van der Waals surface area contributed by atoms with Crippen molar-refractivity contribution in [1.82, 2.24) is 0 Å². The summed E-state index contributed by atoms with van der Waals surface area (Å²) in [5.74, 6) is -3.19. The average Bonchev–Trinajstić information content (AvgIpc) is 3.39. The molecule has 0 aliphatic carbocycles. The van der Waals surface area contributed by atoms with E-state index in [-0.39, 0.29) is 25.9 Å². The van der Waals surface area contributed by atoms with Gasteiger partial charge < -0.3 is 39.0 Å². The maximum Gasteiger partial charge on any atom is 0.335 e. The van der Waals surface area contributed by atoms with Crippen LogP contribution in [0.2, 0.25) is 0 Å². The Hall–Kier alpha value is -4.36. The van der Waals surface area contributed by atoms with Crippen LogP contribution in [0.5, 0.6) is 0 Å². The number of hydrogen-bond acceptors (Lipinski definition) is 11. The summed E-state index contributed by atoms with van der Waals surface area (Å²) in [6, 6.07) is 0. The van der Waals surface area contributed by atoms with E-state index >= 15 is 0 Å². The normalized spacial score (nSPS) is 18.9. The highest BCUT2D eigenvalue weighted by atomic mass is 16.7. The van der Waals surface area contributed by atoms with Crippen LogP contribution in [-0.4, -0.2) is 89.2 Å². The van der Waals surface area contributed by atoms with Crippen LogP contribution in [0, 0.1) is 0 Å². The molecule has 6 unspecified atom stereocenters. The Kier molecular flexibility index (Phi) is 46.2. The number of hydrogen-bond donors (Lipinski definition) is 3. The highest BCUT2D eigenvalue weighted by molar-refractivity contribution is 5.74. The lowest BCUT2D eigenvalue weighted by atomic mass is 9.98.